The van der Waals surface area contributed by atoms with E-state index < -0.39 is 6.03 Å². The molecule has 0 saturated carbocycles. The van der Waals surface area contributed by atoms with Gasteiger partial charge in [0.25, 0.3) is 0 Å². The molecule has 0 spiro atoms. The molecule has 0 radical (unpaired) electrons. The molecule has 0 fully saturated rings. The molecule has 1 aromatic heterocycles. The van der Waals surface area contributed by atoms with Crippen molar-refractivity contribution >= 4 is 40.9 Å². The second-order valence-corrected chi connectivity index (χ2v) is 4.30. The lowest BCUT2D eigenvalue weighted by molar-refractivity contribution is 0.248. The second kappa shape index (κ2) is 4.77. The van der Waals surface area contributed by atoms with Crippen molar-refractivity contribution in [2.45, 2.75) is 6.54 Å². The van der Waals surface area contributed by atoms with Crippen molar-refractivity contribution < 1.29 is 4.79 Å². The molecule has 1 aromatic carbocycles. The first-order valence-electron chi connectivity index (χ1n) is 5.00. The van der Waals surface area contributed by atoms with Gasteiger partial charge in [0.2, 0.25) is 0 Å². The Kier molecular flexibility index (Phi) is 3.35. The topological polar surface area (TPSA) is 75.8 Å². The van der Waals surface area contributed by atoms with Gasteiger partial charge in [0.15, 0.2) is 4.77 Å². The van der Waals surface area contributed by atoms with Gasteiger partial charge < -0.3 is 20.6 Å². The Morgan fingerprint density at radius 3 is 3.06 bits per heavy atom. The zero-order valence-corrected chi connectivity index (χ0v) is 10.4. The fourth-order valence-corrected chi connectivity index (χ4v) is 2.25. The van der Waals surface area contributed by atoms with Crippen LogP contribution in [-0.4, -0.2) is 22.1 Å². The van der Waals surface area contributed by atoms with E-state index >= 15 is 0 Å². The summed E-state index contributed by atoms with van der Waals surface area (Å²) in [5.74, 6) is 0. The standard InChI is InChI=1S/C10H11ClN4OS/c11-6-2-1-3-7-8(6)15(10(17)14-7)5-4-13-9(12)16/h1-3H,4-5H2,(H,14,17)(H3,12,13,16). The fourth-order valence-electron chi connectivity index (χ4n) is 1.68. The van der Waals surface area contributed by atoms with Gasteiger partial charge in [-0.2, -0.15) is 0 Å². The van der Waals surface area contributed by atoms with Crippen LogP contribution in [0.4, 0.5) is 4.79 Å². The van der Waals surface area contributed by atoms with Crippen LogP contribution in [-0.2, 0) is 6.54 Å². The van der Waals surface area contributed by atoms with Crippen LogP contribution in [0, 0.1) is 4.77 Å². The number of H-pyrrole nitrogens is 1. The number of aromatic nitrogens is 2. The third kappa shape index (κ3) is 2.42. The first kappa shape index (κ1) is 11.9. The fraction of sp³-hybridized carbons (Fsp3) is 0.200. The zero-order chi connectivity index (χ0) is 12.4. The third-order valence-corrected chi connectivity index (χ3v) is 3.01. The molecule has 7 heteroatoms. The van der Waals surface area contributed by atoms with E-state index in [2.05, 4.69) is 10.3 Å². The number of para-hydroxylation sites is 1. The summed E-state index contributed by atoms with van der Waals surface area (Å²) in [6, 6.07) is 4.99. The van der Waals surface area contributed by atoms with Crippen LogP contribution in [0.25, 0.3) is 11.0 Å². The summed E-state index contributed by atoms with van der Waals surface area (Å²) in [6.45, 7) is 0.924. The number of halogens is 1. The van der Waals surface area contributed by atoms with E-state index in [1.165, 1.54) is 0 Å². The number of imidazole rings is 1. The number of primary amides is 1. The Morgan fingerprint density at radius 1 is 1.59 bits per heavy atom. The lowest BCUT2D eigenvalue weighted by Crippen LogP contribution is -2.32. The SMILES string of the molecule is NC(=O)NCCn1c(=S)[nH]c2cccc(Cl)c21. The average Bonchev–Trinajstić information content (AvgIpc) is 2.56. The number of fused-ring (bicyclic) bond motifs is 1. The van der Waals surface area contributed by atoms with Gasteiger partial charge in [-0.1, -0.05) is 17.7 Å². The molecule has 2 rings (SSSR count). The van der Waals surface area contributed by atoms with Crippen molar-refractivity contribution in [1.29, 1.82) is 0 Å². The van der Waals surface area contributed by atoms with Gasteiger partial charge in [-0.15, -0.1) is 0 Å². The van der Waals surface area contributed by atoms with Crippen molar-refractivity contribution in [2.75, 3.05) is 6.54 Å². The van der Waals surface area contributed by atoms with Crippen LogP contribution < -0.4 is 11.1 Å². The first-order chi connectivity index (χ1) is 8.09. The molecule has 0 aliphatic rings. The molecule has 2 aromatic rings. The number of aromatic amines is 1. The highest BCUT2D eigenvalue weighted by Gasteiger charge is 2.07. The average molecular weight is 271 g/mol. The molecule has 1 heterocycles. The van der Waals surface area contributed by atoms with Gasteiger partial charge in [-0.3, -0.25) is 0 Å². The molecule has 90 valence electrons. The Balaban J connectivity index is 2.36. The molecule has 5 nitrogen and oxygen atoms in total. The second-order valence-electron chi connectivity index (χ2n) is 3.51. The highest BCUT2D eigenvalue weighted by Crippen LogP contribution is 2.22. The maximum absolute atomic E-state index is 10.6. The molecule has 0 saturated heterocycles. The summed E-state index contributed by atoms with van der Waals surface area (Å²) in [4.78, 5) is 13.6. The van der Waals surface area contributed by atoms with Crippen LogP contribution in [0.5, 0.6) is 0 Å². The first-order valence-corrected chi connectivity index (χ1v) is 5.78. The normalized spacial score (nSPS) is 10.6. The van der Waals surface area contributed by atoms with Crippen LogP contribution in [0.15, 0.2) is 18.2 Å². The van der Waals surface area contributed by atoms with E-state index in [9.17, 15) is 4.79 Å². The van der Waals surface area contributed by atoms with Gasteiger partial charge in [0.1, 0.15) is 0 Å². The third-order valence-electron chi connectivity index (χ3n) is 2.38. The number of nitrogens with zero attached hydrogens (tertiary/aromatic N) is 1. The summed E-state index contributed by atoms with van der Waals surface area (Å²) in [6.07, 6.45) is 0. The minimum atomic E-state index is -0.553. The van der Waals surface area contributed by atoms with E-state index in [0.717, 1.165) is 11.0 Å². The number of hydrogen-bond donors (Lipinski definition) is 3. The molecular weight excluding hydrogens is 260 g/mol. The number of rotatable bonds is 3. The number of benzene rings is 1. The van der Waals surface area contributed by atoms with Crippen LogP contribution in [0.2, 0.25) is 5.02 Å². The molecular formula is C10H11ClN4OS. The summed E-state index contributed by atoms with van der Waals surface area (Å²) < 4.78 is 2.41. The predicted octanol–water partition coefficient (Wildman–Crippen LogP) is 2.02. The van der Waals surface area contributed by atoms with Crippen LogP contribution >= 0.6 is 23.8 Å². The Bertz CT molecular complexity index is 618. The quantitative estimate of drug-likeness (QED) is 0.747. The van der Waals surface area contributed by atoms with Gasteiger partial charge in [0, 0.05) is 13.1 Å². The Morgan fingerprint density at radius 2 is 2.35 bits per heavy atom. The molecule has 17 heavy (non-hydrogen) atoms. The number of nitrogens with two attached hydrogens (primary N) is 1. The van der Waals surface area contributed by atoms with E-state index in [4.69, 9.17) is 29.6 Å². The Hall–Kier alpha value is -1.53. The highest BCUT2D eigenvalue weighted by molar-refractivity contribution is 7.71. The largest absolute Gasteiger partial charge is 0.352 e. The summed E-state index contributed by atoms with van der Waals surface area (Å²) in [5.41, 5.74) is 6.71. The van der Waals surface area contributed by atoms with Crippen LogP contribution in [0.1, 0.15) is 0 Å². The summed E-state index contributed by atoms with van der Waals surface area (Å²) in [7, 11) is 0. The molecule has 2 amide bonds. The highest BCUT2D eigenvalue weighted by atomic mass is 35.5. The number of carbonyl (C=O) groups excluding carboxylic acids is 1. The van der Waals surface area contributed by atoms with Gasteiger partial charge >= 0.3 is 6.03 Å². The maximum Gasteiger partial charge on any atom is 0.312 e. The molecule has 4 N–H and O–H groups in total. The van der Waals surface area contributed by atoms with E-state index in [-0.39, 0.29) is 0 Å². The lowest BCUT2D eigenvalue weighted by atomic mass is 10.3. The van der Waals surface area contributed by atoms with Crippen molar-refractivity contribution in [3.05, 3.63) is 28.0 Å². The Labute approximate surface area is 108 Å². The smallest absolute Gasteiger partial charge is 0.312 e. The van der Waals surface area contributed by atoms with Gasteiger partial charge in [-0.05, 0) is 24.4 Å². The predicted molar refractivity (Wildman–Crippen MR) is 69.7 cm³/mol. The van der Waals surface area contributed by atoms with Gasteiger partial charge in [-0.25, -0.2) is 4.79 Å². The van der Waals surface area contributed by atoms with Gasteiger partial charge in [0.05, 0.1) is 16.1 Å². The van der Waals surface area contributed by atoms with Crippen molar-refractivity contribution in [3.8, 4) is 0 Å². The maximum atomic E-state index is 10.6. The van der Waals surface area contributed by atoms with E-state index in [1.54, 1.807) is 6.07 Å². The molecule has 0 bridgehead atoms. The summed E-state index contributed by atoms with van der Waals surface area (Å²) >= 11 is 11.3. The zero-order valence-electron chi connectivity index (χ0n) is 8.87. The monoisotopic (exact) mass is 270 g/mol. The minimum absolute atomic E-state index is 0.405. The molecule has 0 aliphatic carbocycles. The number of nitrogens with one attached hydrogen (secondary N) is 2. The lowest BCUT2D eigenvalue weighted by Gasteiger charge is -2.05. The van der Waals surface area contributed by atoms with Crippen LogP contribution in [0.3, 0.4) is 0 Å². The number of carbonyl (C=O) groups is 1. The number of amides is 2. The van der Waals surface area contributed by atoms with Crippen molar-refractivity contribution in [3.63, 3.8) is 0 Å². The number of urea groups is 1. The van der Waals surface area contributed by atoms with E-state index in [0.29, 0.717) is 22.9 Å². The summed E-state index contributed by atoms with van der Waals surface area (Å²) in [5, 5.41) is 3.13. The van der Waals surface area contributed by atoms with Crippen molar-refractivity contribution in [1.82, 2.24) is 14.9 Å². The minimum Gasteiger partial charge on any atom is -0.352 e. The molecule has 0 aliphatic heterocycles. The molecule has 0 atom stereocenters. The van der Waals surface area contributed by atoms with E-state index in [1.807, 2.05) is 16.7 Å². The molecule has 0 unspecified atom stereocenters. The number of hydrogen-bond acceptors (Lipinski definition) is 2. The van der Waals surface area contributed by atoms with Crippen molar-refractivity contribution in [2.24, 2.45) is 5.73 Å².